The third-order valence-corrected chi connectivity index (χ3v) is 3.08. The van der Waals surface area contributed by atoms with Crippen LogP contribution in [0.25, 0.3) is 0 Å². The first kappa shape index (κ1) is 10.3. The van der Waals surface area contributed by atoms with E-state index in [1.165, 1.54) is 32.2 Å². The number of halogens is 1. The van der Waals surface area contributed by atoms with Gasteiger partial charge in [0.2, 0.25) is 0 Å². The fourth-order valence-corrected chi connectivity index (χ4v) is 1.75. The van der Waals surface area contributed by atoms with Crippen molar-refractivity contribution in [3.8, 4) is 0 Å². The second-order valence-corrected chi connectivity index (χ2v) is 4.31. The molecule has 1 nitrogen and oxygen atoms in total. The molecule has 0 atom stereocenters. The van der Waals surface area contributed by atoms with Gasteiger partial charge in [-0.3, -0.25) is 0 Å². The van der Waals surface area contributed by atoms with E-state index < -0.39 is 0 Å². The normalized spacial score (nSPS) is 18.2. The highest BCUT2D eigenvalue weighted by atomic mass is 35.5. The molecule has 0 aromatic heterocycles. The maximum atomic E-state index is 5.62. The number of hydrogen-bond donors (Lipinski definition) is 0. The Kier molecular flexibility index (Phi) is 5.01. The summed E-state index contributed by atoms with van der Waals surface area (Å²) in [7, 11) is 2.20. The van der Waals surface area contributed by atoms with Gasteiger partial charge in [-0.2, -0.15) is 0 Å². The van der Waals surface area contributed by atoms with Crippen molar-refractivity contribution in [2.24, 2.45) is 5.92 Å². The lowest BCUT2D eigenvalue weighted by Crippen LogP contribution is -2.25. The van der Waals surface area contributed by atoms with Crippen molar-refractivity contribution >= 4 is 11.6 Å². The average Bonchev–Trinajstić information content (AvgIpc) is 1.98. The molecule has 0 N–H and O–H groups in total. The SMILES string of the molecule is CN(CCCCl)CCC1CCC1. The summed E-state index contributed by atoms with van der Waals surface area (Å²) < 4.78 is 0. The third kappa shape index (κ3) is 3.77. The van der Waals surface area contributed by atoms with Crippen LogP contribution in [-0.2, 0) is 0 Å². The Bertz CT molecular complexity index is 112. The summed E-state index contributed by atoms with van der Waals surface area (Å²) in [4.78, 5) is 2.40. The molecule has 2 heteroatoms. The standard InChI is InChI=1S/C10H20ClN/c1-12(8-3-7-11)9-6-10-4-2-5-10/h10H,2-9H2,1H3. The van der Waals surface area contributed by atoms with Crippen molar-refractivity contribution in [1.82, 2.24) is 4.90 Å². The Morgan fingerprint density at radius 1 is 1.33 bits per heavy atom. The lowest BCUT2D eigenvalue weighted by Gasteiger charge is -2.27. The molecular weight excluding hydrogens is 170 g/mol. The molecule has 1 rings (SSSR count). The van der Waals surface area contributed by atoms with Crippen LogP contribution in [0.3, 0.4) is 0 Å². The summed E-state index contributed by atoms with van der Waals surface area (Å²) >= 11 is 5.62. The number of nitrogens with zero attached hydrogens (tertiary/aromatic N) is 1. The molecule has 1 saturated carbocycles. The molecule has 1 fully saturated rings. The first-order valence-electron chi connectivity index (χ1n) is 5.07. The Balaban J connectivity index is 1.90. The summed E-state index contributed by atoms with van der Waals surface area (Å²) in [5.41, 5.74) is 0. The van der Waals surface area contributed by atoms with E-state index >= 15 is 0 Å². The van der Waals surface area contributed by atoms with Crippen molar-refractivity contribution in [2.45, 2.75) is 32.1 Å². The third-order valence-electron chi connectivity index (χ3n) is 2.82. The van der Waals surface area contributed by atoms with E-state index in [9.17, 15) is 0 Å². The lowest BCUT2D eigenvalue weighted by atomic mass is 9.83. The molecule has 1 aliphatic rings. The second-order valence-electron chi connectivity index (χ2n) is 3.93. The summed E-state index contributed by atoms with van der Waals surface area (Å²) in [6, 6.07) is 0. The predicted molar refractivity (Wildman–Crippen MR) is 54.8 cm³/mol. The summed E-state index contributed by atoms with van der Waals surface area (Å²) in [6.45, 7) is 2.43. The number of rotatable bonds is 6. The van der Waals surface area contributed by atoms with Crippen LogP contribution in [0.15, 0.2) is 0 Å². The van der Waals surface area contributed by atoms with Gasteiger partial charge in [-0.25, -0.2) is 0 Å². The lowest BCUT2D eigenvalue weighted by molar-refractivity contribution is 0.239. The molecule has 1 aliphatic carbocycles. The van der Waals surface area contributed by atoms with E-state index in [4.69, 9.17) is 11.6 Å². The number of hydrogen-bond acceptors (Lipinski definition) is 1. The molecule has 0 amide bonds. The van der Waals surface area contributed by atoms with E-state index in [-0.39, 0.29) is 0 Å². The van der Waals surface area contributed by atoms with E-state index in [0.717, 1.165) is 24.8 Å². The summed E-state index contributed by atoms with van der Waals surface area (Å²) in [5, 5.41) is 0. The van der Waals surface area contributed by atoms with Crippen LogP contribution in [0.2, 0.25) is 0 Å². The van der Waals surface area contributed by atoms with E-state index in [1.54, 1.807) is 0 Å². The van der Waals surface area contributed by atoms with Gasteiger partial charge >= 0.3 is 0 Å². The van der Waals surface area contributed by atoms with Gasteiger partial charge in [-0.15, -0.1) is 11.6 Å². The largest absolute Gasteiger partial charge is 0.306 e. The molecule has 0 saturated heterocycles. The summed E-state index contributed by atoms with van der Waals surface area (Å²) in [5.74, 6) is 1.84. The molecule has 72 valence electrons. The zero-order chi connectivity index (χ0) is 8.81. The Hall–Kier alpha value is 0.250. The maximum Gasteiger partial charge on any atom is 0.0235 e. The van der Waals surface area contributed by atoms with Crippen molar-refractivity contribution in [3.05, 3.63) is 0 Å². The molecule has 0 radical (unpaired) electrons. The van der Waals surface area contributed by atoms with Crippen LogP contribution < -0.4 is 0 Å². The van der Waals surface area contributed by atoms with Crippen LogP contribution in [0.5, 0.6) is 0 Å². The Labute approximate surface area is 81.1 Å². The topological polar surface area (TPSA) is 3.24 Å². The molecular formula is C10H20ClN. The molecule has 0 unspecified atom stereocenters. The predicted octanol–water partition coefficient (Wildman–Crippen LogP) is 2.74. The van der Waals surface area contributed by atoms with Crippen molar-refractivity contribution in [3.63, 3.8) is 0 Å². The fraction of sp³-hybridized carbons (Fsp3) is 1.00. The van der Waals surface area contributed by atoms with Gasteiger partial charge in [0.15, 0.2) is 0 Å². The van der Waals surface area contributed by atoms with Gasteiger partial charge < -0.3 is 4.90 Å². The van der Waals surface area contributed by atoms with Crippen LogP contribution >= 0.6 is 11.6 Å². The first-order chi connectivity index (χ1) is 5.83. The molecule has 0 heterocycles. The van der Waals surface area contributed by atoms with Crippen molar-refractivity contribution in [1.29, 1.82) is 0 Å². The minimum Gasteiger partial charge on any atom is -0.306 e. The smallest absolute Gasteiger partial charge is 0.0235 e. The Morgan fingerprint density at radius 2 is 2.08 bits per heavy atom. The van der Waals surface area contributed by atoms with E-state index in [2.05, 4.69) is 11.9 Å². The highest BCUT2D eigenvalue weighted by Gasteiger charge is 2.16. The molecule has 0 aliphatic heterocycles. The van der Waals surface area contributed by atoms with Gasteiger partial charge in [0.05, 0.1) is 0 Å². The average molecular weight is 190 g/mol. The number of alkyl halides is 1. The second kappa shape index (κ2) is 5.82. The zero-order valence-electron chi connectivity index (χ0n) is 8.06. The van der Waals surface area contributed by atoms with Gasteiger partial charge in [0.1, 0.15) is 0 Å². The highest BCUT2D eigenvalue weighted by Crippen LogP contribution is 2.29. The molecule has 12 heavy (non-hydrogen) atoms. The maximum absolute atomic E-state index is 5.62. The molecule has 0 aromatic carbocycles. The molecule has 0 spiro atoms. The monoisotopic (exact) mass is 189 g/mol. The minimum atomic E-state index is 0.799. The molecule has 0 aromatic rings. The molecule has 0 bridgehead atoms. The van der Waals surface area contributed by atoms with Crippen LogP contribution in [0, 0.1) is 5.92 Å². The van der Waals surface area contributed by atoms with E-state index in [0.29, 0.717) is 0 Å². The zero-order valence-corrected chi connectivity index (χ0v) is 8.82. The van der Waals surface area contributed by atoms with Gasteiger partial charge in [-0.1, -0.05) is 19.3 Å². The first-order valence-corrected chi connectivity index (χ1v) is 5.61. The van der Waals surface area contributed by atoms with Crippen molar-refractivity contribution < 1.29 is 0 Å². The van der Waals surface area contributed by atoms with Crippen LogP contribution in [0.1, 0.15) is 32.1 Å². The minimum absolute atomic E-state index is 0.799. The van der Waals surface area contributed by atoms with E-state index in [1.807, 2.05) is 0 Å². The summed E-state index contributed by atoms with van der Waals surface area (Å²) in [6.07, 6.45) is 6.95. The highest BCUT2D eigenvalue weighted by molar-refractivity contribution is 6.17. The fourth-order valence-electron chi connectivity index (χ4n) is 1.63. The van der Waals surface area contributed by atoms with Crippen LogP contribution in [-0.4, -0.2) is 30.9 Å². The van der Waals surface area contributed by atoms with Gasteiger partial charge in [0.25, 0.3) is 0 Å². The van der Waals surface area contributed by atoms with Crippen molar-refractivity contribution in [2.75, 3.05) is 26.0 Å². The van der Waals surface area contributed by atoms with Gasteiger partial charge in [-0.05, 0) is 38.9 Å². The Morgan fingerprint density at radius 3 is 2.58 bits per heavy atom. The van der Waals surface area contributed by atoms with Gasteiger partial charge in [0, 0.05) is 5.88 Å². The quantitative estimate of drug-likeness (QED) is 0.581. The van der Waals surface area contributed by atoms with Crippen LogP contribution in [0.4, 0.5) is 0 Å².